The van der Waals surface area contributed by atoms with E-state index >= 15 is 0 Å². The molecule has 0 spiro atoms. The first-order chi connectivity index (χ1) is 8.15. The number of hydrogen-bond donors (Lipinski definition) is 0. The highest BCUT2D eigenvalue weighted by Gasteiger charge is 2.02. The van der Waals surface area contributed by atoms with Gasteiger partial charge >= 0.3 is 0 Å². The first kappa shape index (κ1) is 12.0. The molecule has 0 aliphatic carbocycles. The molecule has 1 aromatic carbocycles. The Kier molecular flexibility index (Phi) is 3.71. The Bertz CT molecular complexity index is 577. The van der Waals surface area contributed by atoms with Crippen molar-refractivity contribution < 1.29 is 4.92 Å². The normalized spacial score (nSPS) is 10.9. The molecule has 1 aromatic heterocycles. The minimum atomic E-state index is -0.460. The van der Waals surface area contributed by atoms with E-state index in [1.807, 2.05) is 36.4 Å². The molecule has 0 fully saturated rings. The van der Waals surface area contributed by atoms with E-state index in [1.54, 1.807) is 0 Å². The van der Waals surface area contributed by atoms with Gasteiger partial charge in [-0.25, -0.2) is 0 Å². The van der Waals surface area contributed by atoms with Crippen molar-refractivity contribution in [3.05, 3.63) is 62.1 Å². The van der Waals surface area contributed by atoms with E-state index in [0.29, 0.717) is 0 Å². The third-order valence-corrected chi connectivity index (χ3v) is 3.69. The van der Waals surface area contributed by atoms with Gasteiger partial charge in [0.05, 0.1) is 4.92 Å². The molecule has 5 heteroatoms. The molecule has 1 heterocycles. The summed E-state index contributed by atoms with van der Waals surface area (Å²) in [5.74, 6) is 0. The minimum Gasteiger partial charge on any atom is -0.259 e. The SMILES string of the molecule is O=[N+]([O-])C=Cc1ccc(-c2cccc(Br)c2)s1. The number of benzene rings is 1. The summed E-state index contributed by atoms with van der Waals surface area (Å²) >= 11 is 4.94. The molecular weight excluding hydrogens is 302 g/mol. The zero-order valence-electron chi connectivity index (χ0n) is 8.67. The lowest BCUT2D eigenvalue weighted by Crippen LogP contribution is -1.80. The van der Waals surface area contributed by atoms with E-state index in [9.17, 15) is 10.1 Å². The van der Waals surface area contributed by atoms with Gasteiger partial charge in [0, 0.05) is 20.3 Å². The summed E-state index contributed by atoms with van der Waals surface area (Å²) in [6.07, 6.45) is 2.46. The van der Waals surface area contributed by atoms with Crippen LogP contribution < -0.4 is 0 Å². The number of hydrogen-bond acceptors (Lipinski definition) is 3. The molecule has 0 atom stereocenters. The van der Waals surface area contributed by atoms with E-state index < -0.39 is 4.92 Å². The second kappa shape index (κ2) is 5.25. The molecule has 0 aliphatic heterocycles. The summed E-state index contributed by atoms with van der Waals surface area (Å²) in [6.45, 7) is 0. The fourth-order valence-electron chi connectivity index (χ4n) is 1.37. The van der Waals surface area contributed by atoms with Crippen LogP contribution in [-0.2, 0) is 0 Å². The molecule has 0 radical (unpaired) electrons. The molecule has 2 rings (SSSR count). The van der Waals surface area contributed by atoms with E-state index in [4.69, 9.17) is 0 Å². The predicted molar refractivity (Wildman–Crippen MR) is 73.5 cm³/mol. The maximum atomic E-state index is 10.2. The Hall–Kier alpha value is -1.46. The van der Waals surface area contributed by atoms with E-state index in [1.165, 1.54) is 17.4 Å². The van der Waals surface area contributed by atoms with Crippen LogP contribution in [0.4, 0.5) is 0 Å². The summed E-state index contributed by atoms with van der Waals surface area (Å²) in [5.41, 5.74) is 1.10. The van der Waals surface area contributed by atoms with Crippen LogP contribution in [0.15, 0.2) is 47.1 Å². The summed E-state index contributed by atoms with van der Waals surface area (Å²) in [4.78, 5) is 11.7. The number of halogens is 1. The lowest BCUT2D eigenvalue weighted by atomic mass is 10.2. The van der Waals surface area contributed by atoms with Gasteiger partial charge in [-0.05, 0) is 29.8 Å². The molecule has 0 saturated carbocycles. The Balaban J connectivity index is 2.27. The molecule has 0 aliphatic rings. The predicted octanol–water partition coefficient (Wildman–Crippen LogP) is 4.43. The standard InChI is InChI=1S/C12H8BrNO2S/c13-10-3-1-2-9(8-10)12-5-4-11(17-12)6-7-14(15)16/h1-8H. The first-order valence-electron chi connectivity index (χ1n) is 4.82. The molecule has 0 saturated heterocycles. The van der Waals surface area contributed by atoms with Crippen molar-refractivity contribution in [2.75, 3.05) is 0 Å². The lowest BCUT2D eigenvalue weighted by Gasteiger charge is -1.96. The molecule has 0 bridgehead atoms. The third-order valence-electron chi connectivity index (χ3n) is 2.10. The van der Waals surface area contributed by atoms with Gasteiger partial charge in [-0.2, -0.15) is 0 Å². The van der Waals surface area contributed by atoms with Crippen molar-refractivity contribution in [2.45, 2.75) is 0 Å². The highest BCUT2D eigenvalue weighted by atomic mass is 79.9. The highest BCUT2D eigenvalue weighted by Crippen LogP contribution is 2.30. The largest absolute Gasteiger partial charge is 0.259 e. The van der Waals surface area contributed by atoms with Crippen LogP contribution in [0.1, 0.15) is 4.88 Å². The van der Waals surface area contributed by atoms with Crippen LogP contribution in [0.5, 0.6) is 0 Å². The fourth-order valence-corrected chi connectivity index (χ4v) is 2.67. The van der Waals surface area contributed by atoms with Crippen LogP contribution in [0.3, 0.4) is 0 Å². The average Bonchev–Trinajstić information content (AvgIpc) is 2.75. The van der Waals surface area contributed by atoms with Gasteiger partial charge in [-0.15, -0.1) is 11.3 Å². The monoisotopic (exact) mass is 309 g/mol. The number of nitrogens with zero attached hydrogens (tertiary/aromatic N) is 1. The van der Waals surface area contributed by atoms with Crippen molar-refractivity contribution in [3.8, 4) is 10.4 Å². The molecule has 0 unspecified atom stereocenters. The van der Waals surface area contributed by atoms with E-state index in [0.717, 1.165) is 26.0 Å². The number of nitro groups is 1. The quantitative estimate of drug-likeness (QED) is 0.622. The van der Waals surface area contributed by atoms with Crippen molar-refractivity contribution in [1.82, 2.24) is 0 Å². The van der Waals surface area contributed by atoms with Crippen LogP contribution >= 0.6 is 27.3 Å². The number of thiophene rings is 1. The molecular formula is C12H8BrNO2S. The van der Waals surface area contributed by atoms with Gasteiger partial charge in [0.1, 0.15) is 0 Å². The summed E-state index contributed by atoms with van der Waals surface area (Å²) in [6, 6.07) is 11.8. The summed E-state index contributed by atoms with van der Waals surface area (Å²) < 4.78 is 1.02. The number of rotatable bonds is 3. The molecule has 17 heavy (non-hydrogen) atoms. The molecule has 86 valence electrons. The zero-order chi connectivity index (χ0) is 12.3. The Morgan fingerprint density at radius 3 is 2.82 bits per heavy atom. The van der Waals surface area contributed by atoms with Crippen LogP contribution in [0, 0.1) is 10.1 Å². The molecule has 0 amide bonds. The first-order valence-corrected chi connectivity index (χ1v) is 6.43. The van der Waals surface area contributed by atoms with Crippen molar-refractivity contribution in [2.24, 2.45) is 0 Å². The topological polar surface area (TPSA) is 43.1 Å². The maximum Gasteiger partial charge on any atom is 0.235 e. The summed E-state index contributed by atoms with van der Waals surface area (Å²) in [7, 11) is 0. The van der Waals surface area contributed by atoms with Gasteiger partial charge in [-0.3, -0.25) is 10.1 Å². The van der Waals surface area contributed by atoms with Crippen LogP contribution in [-0.4, -0.2) is 4.92 Å². The van der Waals surface area contributed by atoms with Gasteiger partial charge in [-0.1, -0.05) is 28.1 Å². The smallest absolute Gasteiger partial charge is 0.235 e. The fraction of sp³-hybridized carbons (Fsp3) is 0. The highest BCUT2D eigenvalue weighted by molar-refractivity contribution is 9.10. The van der Waals surface area contributed by atoms with E-state index in [2.05, 4.69) is 15.9 Å². The molecule has 3 nitrogen and oxygen atoms in total. The second-order valence-electron chi connectivity index (χ2n) is 3.31. The summed E-state index contributed by atoms with van der Waals surface area (Å²) in [5, 5.41) is 10.2. The third kappa shape index (κ3) is 3.25. The molecule has 2 aromatic rings. The second-order valence-corrected chi connectivity index (χ2v) is 5.34. The maximum absolute atomic E-state index is 10.2. The Morgan fingerprint density at radius 1 is 1.29 bits per heavy atom. The van der Waals surface area contributed by atoms with Crippen molar-refractivity contribution >= 4 is 33.3 Å². The van der Waals surface area contributed by atoms with Crippen molar-refractivity contribution in [3.63, 3.8) is 0 Å². The van der Waals surface area contributed by atoms with Crippen LogP contribution in [0.25, 0.3) is 16.5 Å². The Labute approximate surface area is 111 Å². The minimum absolute atomic E-state index is 0.460. The Morgan fingerprint density at radius 2 is 2.12 bits per heavy atom. The zero-order valence-corrected chi connectivity index (χ0v) is 11.1. The average molecular weight is 310 g/mol. The van der Waals surface area contributed by atoms with Gasteiger partial charge in [0.25, 0.3) is 0 Å². The van der Waals surface area contributed by atoms with Crippen LogP contribution in [0.2, 0.25) is 0 Å². The lowest BCUT2D eigenvalue weighted by molar-refractivity contribution is -0.400. The van der Waals surface area contributed by atoms with Gasteiger partial charge in [0.15, 0.2) is 0 Å². The molecule has 0 N–H and O–H groups in total. The van der Waals surface area contributed by atoms with Gasteiger partial charge in [0.2, 0.25) is 6.20 Å². The van der Waals surface area contributed by atoms with E-state index in [-0.39, 0.29) is 0 Å². The van der Waals surface area contributed by atoms with Crippen molar-refractivity contribution in [1.29, 1.82) is 0 Å². The van der Waals surface area contributed by atoms with Gasteiger partial charge < -0.3 is 0 Å².